The van der Waals surface area contributed by atoms with Crippen LogP contribution in [0.2, 0.25) is 5.02 Å². The fraction of sp³-hybridized carbons (Fsp3) is 0.261. The molecule has 30 heavy (non-hydrogen) atoms. The molecule has 0 aliphatic rings. The first-order valence-corrected chi connectivity index (χ1v) is 10.0. The molecule has 1 atom stereocenters. The van der Waals surface area contributed by atoms with E-state index in [0.29, 0.717) is 22.0 Å². The van der Waals surface area contributed by atoms with Gasteiger partial charge in [0.1, 0.15) is 0 Å². The minimum atomic E-state index is -0.660. The van der Waals surface area contributed by atoms with Gasteiger partial charge in [0.25, 0.3) is 11.7 Å². The minimum absolute atomic E-state index is 0.162. The number of carbonyl (C=O) groups excluding carboxylic acids is 2. The van der Waals surface area contributed by atoms with Crippen molar-refractivity contribution in [1.82, 2.24) is 20.0 Å². The number of halogens is 1. The van der Waals surface area contributed by atoms with E-state index in [4.69, 9.17) is 11.6 Å². The number of amides is 1. The van der Waals surface area contributed by atoms with Crippen LogP contribution in [0.5, 0.6) is 0 Å². The standard InChI is InChI=1S/C23H25ClN4O2/c1-15-21(16(2)28(26-15)17-10-6-5-7-11-17)22(29)23(30)25-14-20(27(3)4)18-12-8-9-13-19(18)24/h5-13,20H,14H2,1-4H3,(H,25,30). The summed E-state index contributed by atoms with van der Waals surface area (Å²) >= 11 is 6.32. The SMILES string of the molecule is Cc1nn(-c2ccccc2)c(C)c1C(=O)C(=O)NCC(c1ccccc1Cl)N(C)C. The molecule has 156 valence electrons. The quantitative estimate of drug-likeness (QED) is 0.463. The Morgan fingerprint density at radius 1 is 1.07 bits per heavy atom. The first kappa shape index (κ1) is 21.7. The summed E-state index contributed by atoms with van der Waals surface area (Å²) in [6.45, 7) is 3.78. The Kier molecular flexibility index (Phi) is 6.70. The van der Waals surface area contributed by atoms with Crippen molar-refractivity contribution < 1.29 is 9.59 Å². The third-order valence-electron chi connectivity index (χ3n) is 5.07. The number of benzene rings is 2. The van der Waals surface area contributed by atoms with E-state index in [9.17, 15) is 9.59 Å². The predicted molar refractivity (Wildman–Crippen MR) is 118 cm³/mol. The average Bonchev–Trinajstić information content (AvgIpc) is 3.03. The van der Waals surface area contributed by atoms with Crippen molar-refractivity contribution in [1.29, 1.82) is 0 Å². The van der Waals surface area contributed by atoms with Crippen LogP contribution in [-0.2, 0) is 4.79 Å². The second kappa shape index (κ2) is 9.24. The highest BCUT2D eigenvalue weighted by Gasteiger charge is 2.26. The van der Waals surface area contributed by atoms with Gasteiger partial charge in [0.05, 0.1) is 28.7 Å². The second-order valence-electron chi connectivity index (χ2n) is 7.33. The minimum Gasteiger partial charge on any atom is -0.347 e. The lowest BCUT2D eigenvalue weighted by Gasteiger charge is -2.25. The van der Waals surface area contributed by atoms with Gasteiger partial charge in [0, 0.05) is 11.6 Å². The Morgan fingerprint density at radius 2 is 1.70 bits per heavy atom. The van der Waals surface area contributed by atoms with E-state index in [1.165, 1.54) is 0 Å². The van der Waals surface area contributed by atoms with Gasteiger partial charge in [-0.15, -0.1) is 0 Å². The zero-order valence-corrected chi connectivity index (χ0v) is 18.3. The molecule has 1 heterocycles. The van der Waals surface area contributed by atoms with Gasteiger partial charge < -0.3 is 10.2 Å². The molecule has 0 radical (unpaired) electrons. The maximum absolute atomic E-state index is 12.9. The molecule has 0 fully saturated rings. The first-order valence-electron chi connectivity index (χ1n) is 9.66. The van der Waals surface area contributed by atoms with Crippen LogP contribution in [0.15, 0.2) is 54.6 Å². The summed E-state index contributed by atoms with van der Waals surface area (Å²) in [5.41, 5.74) is 3.21. The van der Waals surface area contributed by atoms with Crippen molar-refractivity contribution in [3.8, 4) is 5.69 Å². The van der Waals surface area contributed by atoms with Crippen molar-refractivity contribution in [3.05, 3.63) is 82.1 Å². The van der Waals surface area contributed by atoms with Crippen molar-refractivity contribution in [3.63, 3.8) is 0 Å². The maximum Gasteiger partial charge on any atom is 0.292 e. The smallest absolute Gasteiger partial charge is 0.292 e. The Labute approximate surface area is 181 Å². The van der Waals surface area contributed by atoms with Crippen molar-refractivity contribution in [2.24, 2.45) is 0 Å². The van der Waals surface area contributed by atoms with Gasteiger partial charge in [0.2, 0.25) is 0 Å². The van der Waals surface area contributed by atoms with Gasteiger partial charge in [0.15, 0.2) is 0 Å². The molecule has 1 aromatic heterocycles. The molecule has 1 unspecified atom stereocenters. The molecule has 0 aliphatic heterocycles. The summed E-state index contributed by atoms with van der Waals surface area (Å²) in [4.78, 5) is 27.6. The Balaban J connectivity index is 1.79. The zero-order chi connectivity index (χ0) is 21.8. The molecular weight excluding hydrogens is 400 g/mol. The number of ketones is 1. The van der Waals surface area contributed by atoms with Crippen LogP contribution in [0.4, 0.5) is 0 Å². The van der Waals surface area contributed by atoms with Gasteiger partial charge in [-0.1, -0.05) is 48.0 Å². The van der Waals surface area contributed by atoms with Crippen LogP contribution in [0.1, 0.15) is 33.4 Å². The number of nitrogens with zero attached hydrogens (tertiary/aromatic N) is 3. The van der Waals surface area contributed by atoms with Crippen LogP contribution in [-0.4, -0.2) is 47.0 Å². The summed E-state index contributed by atoms with van der Waals surface area (Å²) in [5.74, 6) is -1.25. The third kappa shape index (κ3) is 4.45. The molecule has 0 saturated carbocycles. The zero-order valence-electron chi connectivity index (χ0n) is 17.5. The molecule has 3 rings (SSSR count). The Bertz CT molecular complexity index is 1060. The van der Waals surface area contributed by atoms with E-state index in [1.807, 2.05) is 73.6 Å². The number of aryl methyl sites for hydroxylation is 1. The largest absolute Gasteiger partial charge is 0.347 e. The highest BCUT2D eigenvalue weighted by atomic mass is 35.5. The number of hydrogen-bond donors (Lipinski definition) is 1. The lowest BCUT2D eigenvalue weighted by atomic mass is 10.0. The first-order chi connectivity index (χ1) is 14.3. The number of aromatic nitrogens is 2. The Hall–Kier alpha value is -2.96. The fourth-order valence-corrected chi connectivity index (χ4v) is 3.75. The van der Waals surface area contributed by atoms with E-state index in [0.717, 1.165) is 11.3 Å². The molecule has 3 aromatic rings. The number of para-hydroxylation sites is 1. The highest BCUT2D eigenvalue weighted by molar-refractivity contribution is 6.43. The van der Waals surface area contributed by atoms with Crippen molar-refractivity contribution in [2.45, 2.75) is 19.9 Å². The lowest BCUT2D eigenvalue weighted by molar-refractivity contribution is -0.117. The summed E-state index contributed by atoms with van der Waals surface area (Å²) in [6.07, 6.45) is 0. The molecule has 2 aromatic carbocycles. The van der Waals surface area contributed by atoms with Crippen LogP contribution < -0.4 is 5.32 Å². The second-order valence-corrected chi connectivity index (χ2v) is 7.74. The van der Waals surface area contributed by atoms with E-state index in [2.05, 4.69) is 10.4 Å². The van der Waals surface area contributed by atoms with Gasteiger partial charge in [-0.05, 0) is 51.7 Å². The highest BCUT2D eigenvalue weighted by Crippen LogP contribution is 2.25. The van der Waals surface area contributed by atoms with Crippen molar-refractivity contribution >= 4 is 23.3 Å². The predicted octanol–water partition coefficient (Wildman–Crippen LogP) is 3.74. The van der Waals surface area contributed by atoms with Gasteiger partial charge in [-0.2, -0.15) is 5.10 Å². The summed E-state index contributed by atoms with van der Waals surface area (Å²) < 4.78 is 1.68. The van der Waals surface area contributed by atoms with Gasteiger partial charge in [-0.3, -0.25) is 9.59 Å². The van der Waals surface area contributed by atoms with Gasteiger partial charge >= 0.3 is 0 Å². The van der Waals surface area contributed by atoms with Gasteiger partial charge in [-0.25, -0.2) is 4.68 Å². The number of carbonyl (C=O) groups is 2. The molecule has 0 spiro atoms. The fourth-order valence-electron chi connectivity index (χ4n) is 3.49. The number of Topliss-reactive ketones (excluding diaryl/α,β-unsaturated/α-hetero) is 1. The monoisotopic (exact) mass is 424 g/mol. The summed E-state index contributed by atoms with van der Waals surface area (Å²) in [7, 11) is 3.81. The molecule has 0 aliphatic carbocycles. The number of hydrogen-bond acceptors (Lipinski definition) is 4. The maximum atomic E-state index is 12.9. The van der Waals surface area contributed by atoms with Crippen LogP contribution in [0.3, 0.4) is 0 Å². The number of likely N-dealkylation sites (N-methyl/N-ethyl adjacent to an activating group) is 1. The Morgan fingerprint density at radius 3 is 2.33 bits per heavy atom. The molecule has 1 N–H and O–H groups in total. The van der Waals surface area contributed by atoms with E-state index in [1.54, 1.807) is 18.5 Å². The molecule has 0 saturated heterocycles. The van der Waals surface area contributed by atoms with Crippen LogP contribution in [0.25, 0.3) is 5.69 Å². The summed E-state index contributed by atoms with van der Waals surface area (Å²) in [5, 5.41) is 7.84. The van der Waals surface area contributed by atoms with Crippen LogP contribution >= 0.6 is 11.6 Å². The average molecular weight is 425 g/mol. The molecular formula is C23H25ClN4O2. The van der Waals surface area contributed by atoms with E-state index in [-0.39, 0.29) is 12.6 Å². The molecule has 6 nitrogen and oxygen atoms in total. The van der Waals surface area contributed by atoms with Crippen LogP contribution in [0, 0.1) is 13.8 Å². The molecule has 1 amide bonds. The topological polar surface area (TPSA) is 67.2 Å². The summed E-state index contributed by atoms with van der Waals surface area (Å²) in [6, 6.07) is 16.8. The molecule has 0 bridgehead atoms. The number of nitrogens with one attached hydrogen (secondary N) is 1. The van der Waals surface area contributed by atoms with E-state index < -0.39 is 11.7 Å². The number of rotatable bonds is 7. The lowest BCUT2D eigenvalue weighted by Crippen LogP contribution is -2.38. The van der Waals surface area contributed by atoms with Crippen molar-refractivity contribution in [2.75, 3.05) is 20.6 Å². The van der Waals surface area contributed by atoms with E-state index >= 15 is 0 Å². The third-order valence-corrected chi connectivity index (χ3v) is 5.41. The molecule has 7 heteroatoms. The normalized spacial score (nSPS) is 12.1.